The van der Waals surface area contributed by atoms with Gasteiger partial charge >= 0.3 is 0 Å². The fourth-order valence-electron chi connectivity index (χ4n) is 2.13. The van der Waals surface area contributed by atoms with Crippen LogP contribution in [0.1, 0.15) is 26.7 Å². The van der Waals surface area contributed by atoms with Gasteiger partial charge in [0.05, 0.1) is 0 Å². The smallest absolute Gasteiger partial charge is 0.227 e. The number of rotatable bonds is 4. The maximum absolute atomic E-state index is 4.64. The summed E-state index contributed by atoms with van der Waals surface area (Å²) in [5.74, 6) is 1.93. The zero-order valence-electron chi connectivity index (χ0n) is 10.2. The summed E-state index contributed by atoms with van der Waals surface area (Å²) in [4.78, 5) is 13.5. The lowest BCUT2D eigenvalue weighted by molar-refractivity contribution is 0.826. The molecule has 0 atom stereocenters. The van der Waals surface area contributed by atoms with Gasteiger partial charge in [0.1, 0.15) is 5.82 Å². The van der Waals surface area contributed by atoms with Crippen molar-refractivity contribution in [3.8, 4) is 0 Å². The molecule has 1 saturated heterocycles. The molecule has 1 aliphatic rings. The Morgan fingerprint density at radius 3 is 2.56 bits per heavy atom. The third-order valence-corrected chi connectivity index (χ3v) is 3.10. The number of hydrogen-bond donors (Lipinski definition) is 0. The highest BCUT2D eigenvalue weighted by molar-refractivity contribution is 5.43. The van der Waals surface area contributed by atoms with Crippen LogP contribution in [-0.4, -0.2) is 36.1 Å². The third kappa shape index (κ3) is 2.26. The van der Waals surface area contributed by atoms with E-state index >= 15 is 0 Å². The van der Waals surface area contributed by atoms with Crippen LogP contribution in [0.5, 0.6) is 0 Å². The van der Waals surface area contributed by atoms with E-state index in [2.05, 4.69) is 33.6 Å². The van der Waals surface area contributed by atoms with E-state index in [1.54, 1.807) is 0 Å². The Balaban J connectivity index is 2.18. The number of anilines is 2. The van der Waals surface area contributed by atoms with E-state index in [-0.39, 0.29) is 0 Å². The van der Waals surface area contributed by atoms with Crippen LogP contribution < -0.4 is 9.80 Å². The molecule has 0 aliphatic carbocycles. The minimum atomic E-state index is 0.891. The summed E-state index contributed by atoms with van der Waals surface area (Å²) >= 11 is 0. The molecule has 1 aromatic rings. The number of nitrogens with zero attached hydrogens (tertiary/aromatic N) is 4. The first-order valence-corrected chi connectivity index (χ1v) is 6.18. The Morgan fingerprint density at radius 2 is 1.94 bits per heavy atom. The maximum atomic E-state index is 4.64. The van der Waals surface area contributed by atoms with E-state index in [4.69, 9.17) is 0 Å². The van der Waals surface area contributed by atoms with Gasteiger partial charge in [-0.1, -0.05) is 0 Å². The topological polar surface area (TPSA) is 32.3 Å². The minimum Gasteiger partial charge on any atom is -0.357 e. The second kappa shape index (κ2) is 5.14. The molecule has 0 amide bonds. The van der Waals surface area contributed by atoms with Gasteiger partial charge in [0.2, 0.25) is 5.95 Å². The van der Waals surface area contributed by atoms with Crippen LogP contribution >= 0.6 is 0 Å². The Bertz CT molecular complexity index is 312. The molecule has 2 rings (SSSR count). The van der Waals surface area contributed by atoms with Crippen LogP contribution in [-0.2, 0) is 0 Å². The molecule has 0 N–H and O–H groups in total. The maximum Gasteiger partial charge on any atom is 0.227 e. The summed E-state index contributed by atoms with van der Waals surface area (Å²) < 4.78 is 0. The molecule has 0 unspecified atom stereocenters. The lowest BCUT2D eigenvalue weighted by atomic mass is 10.4. The molecule has 1 aromatic heterocycles. The van der Waals surface area contributed by atoms with E-state index in [0.717, 1.165) is 37.9 Å². The second-order valence-electron chi connectivity index (χ2n) is 4.08. The van der Waals surface area contributed by atoms with Gasteiger partial charge in [-0.3, -0.25) is 0 Å². The SMILES string of the molecule is CCN(CC)c1ccnc(N2CCCC2)n1. The highest BCUT2D eigenvalue weighted by atomic mass is 15.3. The Kier molecular flexibility index (Phi) is 3.59. The second-order valence-corrected chi connectivity index (χ2v) is 4.08. The normalized spacial score (nSPS) is 15.5. The van der Waals surface area contributed by atoms with Gasteiger partial charge in [0, 0.05) is 32.4 Å². The highest BCUT2D eigenvalue weighted by Gasteiger charge is 2.15. The quantitative estimate of drug-likeness (QED) is 0.776. The molecular weight excluding hydrogens is 200 g/mol. The zero-order valence-corrected chi connectivity index (χ0v) is 10.2. The van der Waals surface area contributed by atoms with Crippen molar-refractivity contribution in [1.29, 1.82) is 0 Å². The van der Waals surface area contributed by atoms with E-state index in [0.29, 0.717) is 0 Å². The molecule has 0 radical (unpaired) electrons. The van der Waals surface area contributed by atoms with Crippen LogP contribution in [0, 0.1) is 0 Å². The molecule has 16 heavy (non-hydrogen) atoms. The van der Waals surface area contributed by atoms with Gasteiger partial charge in [0.25, 0.3) is 0 Å². The lowest BCUT2D eigenvalue weighted by Crippen LogP contribution is -2.25. The molecule has 0 bridgehead atoms. The average Bonchev–Trinajstić information content (AvgIpc) is 2.85. The monoisotopic (exact) mass is 220 g/mol. The van der Waals surface area contributed by atoms with Crippen molar-refractivity contribution >= 4 is 11.8 Å². The van der Waals surface area contributed by atoms with Crippen LogP contribution in [0.15, 0.2) is 12.3 Å². The average molecular weight is 220 g/mol. The Morgan fingerprint density at radius 1 is 1.25 bits per heavy atom. The van der Waals surface area contributed by atoms with Crippen LogP contribution in [0.25, 0.3) is 0 Å². The van der Waals surface area contributed by atoms with Gasteiger partial charge in [-0.25, -0.2) is 4.98 Å². The standard InChI is InChI=1S/C12H20N4/c1-3-15(4-2)11-7-8-13-12(14-11)16-9-5-6-10-16/h7-8H,3-6,9-10H2,1-2H3. The molecule has 2 heterocycles. The van der Waals surface area contributed by atoms with Gasteiger partial charge in [-0.15, -0.1) is 0 Å². The largest absolute Gasteiger partial charge is 0.357 e. The molecule has 88 valence electrons. The zero-order chi connectivity index (χ0) is 11.4. The molecule has 1 fully saturated rings. The summed E-state index contributed by atoms with van der Waals surface area (Å²) in [5.41, 5.74) is 0. The molecule has 4 heteroatoms. The summed E-state index contributed by atoms with van der Waals surface area (Å²) in [6.45, 7) is 8.49. The first-order valence-electron chi connectivity index (χ1n) is 6.18. The van der Waals surface area contributed by atoms with E-state index < -0.39 is 0 Å². The van der Waals surface area contributed by atoms with Crippen LogP contribution in [0.3, 0.4) is 0 Å². The highest BCUT2D eigenvalue weighted by Crippen LogP contribution is 2.18. The van der Waals surface area contributed by atoms with E-state index in [1.807, 2.05) is 12.3 Å². The fourth-order valence-corrected chi connectivity index (χ4v) is 2.13. The first-order chi connectivity index (χ1) is 7.85. The van der Waals surface area contributed by atoms with Crippen molar-refractivity contribution in [2.24, 2.45) is 0 Å². The summed E-state index contributed by atoms with van der Waals surface area (Å²) in [5, 5.41) is 0. The van der Waals surface area contributed by atoms with Gasteiger partial charge in [-0.05, 0) is 32.8 Å². The number of aromatic nitrogens is 2. The summed E-state index contributed by atoms with van der Waals surface area (Å²) in [6.07, 6.45) is 4.39. The summed E-state index contributed by atoms with van der Waals surface area (Å²) in [6, 6.07) is 1.99. The Labute approximate surface area is 97.3 Å². The molecule has 0 saturated carbocycles. The van der Waals surface area contributed by atoms with Crippen molar-refractivity contribution in [2.45, 2.75) is 26.7 Å². The molecular formula is C12H20N4. The van der Waals surface area contributed by atoms with Crippen molar-refractivity contribution in [3.05, 3.63) is 12.3 Å². The van der Waals surface area contributed by atoms with Gasteiger partial charge < -0.3 is 9.80 Å². The first kappa shape index (κ1) is 11.2. The fraction of sp³-hybridized carbons (Fsp3) is 0.667. The van der Waals surface area contributed by atoms with E-state index in [1.165, 1.54) is 12.8 Å². The predicted octanol–water partition coefficient (Wildman–Crippen LogP) is 1.92. The molecule has 4 nitrogen and oxygen atoms in total. The van der Waals surface area contributed by atoms with Gasteiger partial charge in [-0.2, -0.15) is 4.98 Å². The third-order valence-electron chi connectivity index (χ3n) is 3.10. The van der Waals surface area contributed by atoms with Gasteiger partial charge in [0.15, 0.2) is 0 Å². The predicted molar refractivity (Wildman–Crippen MR) is 67.0 cm³/mol. The molecule has 0 spiro atoms. The van der Waals surface area contributed by atoms with Crippen LogP contribution in [0.4, 0.5) is 11.8 Å². The lowest BCUT2D eigenvalue weighted by Gasteiger charge is -2.22. The van der Waals surface area contributed by atoms with Crippen molar-refractivity contribution in [2.75, 3.05) is 36.0 Å². The van der Waals surface area contributed by atoms with Crippen molar-refractivity contribution < 1.29 is 0 Å². The Hall–Kier alpha value is -1.32. The molecule has 1 aliphatic heterocycles. The minimum absolute atomic E-state index is 0.891. The van der Waals surface area contributed by atoms with Crippen molar-refractivity contribution in [1.82, 2.24) is 9.97 Å². The number of hydrogen-bond acceptors (Lipinski definition) is 4. The van der Waals surface area contributed by atoms with Crippen molar-refractivity contribution in [3.63, 3.8) is 0 Å². The van der Waals surface area contributed by atoms with Crippen LogP contribution in [0.2, 0.25) is 0 Å². The van der Waals surface area contributed by atoms with E-state index in [9.17, 15) is 0 Å². The summed E-state index contributed by atoms with van der Waals surface area (Å²) in [7, 11) is 0. The molecule has 0 aromatic carbocycles.